The third kappa shape index (κ3) is 4.32. The Hall–Kier alpha value is -1.30. The fraction of sp³-hybridized carbons (Fsp3) is 0.619. The average Bonchev–Trinajstić information content (AvgIpc) is 2.67. The first-order valence-corrected chi connectivity index (χ1v) is 10.5. The fourth-order valence-electron chi connectivity index (χ4n) is 5.15. The molecule has 2 bridgehead atoms. The molecule has 1 aromatic carbocycles. The Bertz CT molecular complexity index is 690. The molecule has 2 atom stereocenters. The van der Waals surface area contributed by atoms with Crippen molar-refractivity contribution >= 4 is 35.8 Å². The number of benzene rings is 1. The third-order valence-corrected chi connectivity index (χ3v) is 6.98. The van der Waals surface area contributed by atoms with Crippen molar-refractivity contribution in [2.45, 2.75) is 38.1 Å². The van der Waals surface area contributed by atoms with Gasteiger partial charge in [-0.1, -0.05) is 18.0 Å². The van der Waals surface area contributed by atoms with E-state index in [1.54, 1.807) is 24.3 Å². The molecule has 0 spiro atoms. The molecule has 1 aliphatic heterocycles. The van der Waals surface area contributed by atoms with E-state index in [-0.39, 0.29) is 36.2 Å². The van der Waals surface area contributed by atoms with Gasteiger partial charge in [0.15, 0.2) is 0 Å². The topological polar surface area (TPSA) is 66.6 Å². The molecule has 28 heavy (non-hydrogen) atoms. The largest absolute Gasteiger partial charge is 0.339 e. The van der Waals surface area contributed by atoms with Crippen LogP contribution >= 0.6 is 24.0 Å². The highest BCUT2D eigenvalue weighted by Gasteiger charge is 2.42. The van der Waals surface area contributed by atoms with Crippen molar-refractivity contribution in [3.05, 3.63) is 34.9 Å². The number of fused-ring (bicyclic) bond motifs is 2. The average molecular weight is 426 g/mol. The van der Waals surface area contributed by atoms with Crippen molar-refractivity contribution in [2.24, 2.45) is 23.5 Å². The van der Waals surface area contributed by atoms with Crippen molar-refractivity contribution < 1.29 is 9.59 Å². The molecule has 0 aromatic heterocycles. The van der Waals surface area contributed by atoms with E-state index in [9.17, 15) is 9.59 Å². The molecule has 0 radical (unpaired) electrons. The van der Waals surface area contributed by atoms with Gasteiger partial charge >= 0.3 is 0 Å². The Balaban J connectivity index is 0.00000225. The molecule has 5 nitrogen and oxygen atoms in total. The maximum Gasteiger partial charge on any atom is 0.253 e. The number of rotatable bonds is 2. The Morgan fingerprint density at radius 3 is 2.04 bits per heavy atom. The second kappa shape index (κ2) is 9.02. The van der Waals surface area contributed by atoms with Crippen molar-refractivity contribution in [2.75, 3.05) is 26.2 Å². The summed E-state index contributed by atoms with van der Waals surface area (Å²) in [7, 11) is 0. The van der Waals surface area contributed by atoms with Crippen molar-refractivity contribution in [1.29, 1.82) is 0 Å². The molecular formula is C21H29Cl2N3O2. The van der Waals surface area contributed by atoms with E-state index >= 15 is 0 Å². The van der Waals surface area contributed by atoms with Gasteiger partial charge in [-0.05, 0) is 61.8 Å². The zero-order chi connectivity index (χ0) is 19.0. The molecule has 2 amide bonds. The Morgan fingerprint density at radius 2 is 1.46 bits per heavy atom. The van der Waals surface area contributed by atoms with Crippen LogP contribution in [-0.4, -0.2) is 53.8 Å². The lowest BCUT2D eigenvalue weighted by molar-refractivity contribution is -0.140. The molecule has 3 aliphatic rings. The van der Waals surface area contributed by atoms with Gasteiger partial charge in [0.2, 0.25) is 5.91 Å². The summed E-state index contributed by atoms with van der Waals surface area (Å²) in [6.07, 6.45) is 5.49. The summed E-state index contributed by atoms with van der Waals surface area (Å²) in [4.78, 5) is 29.5. The van der Waals surface area contributed by atoms with E-state index < -0.39 is 0 Å². The van der Waals surface area contributed by atoms with Crippen LogP contribution < -0.4 is 5.73 Å². The first-order chi connectivity index (χ1) is 13.0. The van der Waals surface area contributed by atoms with Crippen LogP contribution in [0.5, 0.6) is 0 Å². The number of hydrogen-bond acceptors (Lipinski definition) is 3. The maximum atomic E-state index is 13.0. The fourth-order valence-corrected chi connectivity index (χ4v) is 5.28. The zero-order valence-corrected chi connectivity index (χ0v) is 17.6. The molecule has 1 aromatic rings. The molecule has 4 rings (SSSR count). The molecule has 2 N–H and O–H groups in total. The highest BCUT2D eigenvalue weighted by molar-refractivity contribution is 6.30. The summed E-state index contributed by atoms with van der Waals surface area (Å²) in [6, 6.07) is 7.27. The highest BCUT2D eigenvalue weighted by atomic mass is 35.5. The summed E-state index contributed by atoms with van der Waals surface area (Å²) < 4.78 is 0. The van der Waals surface area contributed by atoms with E-state index in [0.29, 0.717) is 48.6 Å². The highest BCUT2D eigenvalue weighted by Crippen LogP contribution is 2.42. The molecule has 2 saturated carbocycles. The van der Waals surface area contributed by atoms with Crippen LogP contribution in [0.2, 0.25) is 5.02 Å². The van der Waals surface area contributed by atoms with E-state index in [1.807, 2.05) is 9.80 Å². The molecule has 1 heterocycles. The molecule has 3 fully saturated rings. The van der Waals surface area contributed by atoms with Crippen LogP contribution in [0.25, 0.3) is 0 Å². The minimum Gasteiger partial charge on any atom is -0.339 e. The van der Waals surface area contributed by atoms with Crippen molar-refractivity contribution in [3.63, 3.8) is 0 Å². The second-order valence-corrected chi connectivity index (χ2v) is 8.76. The monoisotopic (exact) mass is 425 g/mol. The number of halogens is 2. The number of carbonyl (C=O) groups is 2. The first kappa shape index (κ1) is 21.4. The van der Waals surface area contributed by atoms with Crippen LogP contribution in [0, 0.1) is 17.8 Å². The van der Waals surface area contributed by atoms with E-state index in [4.69, 9.17) is 17.3 Å². The van der Waals surface area contributed by atoms with Gasteiger partial charge in [0.25, 0.3) is 5.91 Å². The smallest absolute Gasteiger partial charge is 0.253 e. The van der Waals surface area contributed by atoms with Gasteiger partial charge in [-0.3, -0.25) is 9.59 Å². The summed E-state index contributed by atoms with van der Waals surface area (Å²) in [5.41, 5.74) is 7.01. The van der Waals surface area contributed by atoms with Crippen LogP contribution in [0.1, 0.15) is 42.5 Å². The van der Waals surface area contributed by atoms with Gasteiger partial charge in [0.1, 0.15) is 0 Å². The summed E-state index contributed by atoms with van der Waals surface area (Å²) in [5, 5.41) is 0.624. The third-order valence-electron chi connectivity index (χ3n) is 6.73. The minimum absolute atomic E-state index is 0. The molecule has 2 aliphatic carbocycles. The van der Waals surface area contributed by atoms with Crippen LogP contribution in [0.15, 0.2) is 24.3 Å². The van der Waals surface area contributed by atoms with E-state index in [1.165, 1.54) is 19.3 Å². The first-order valence-electron chi connectivity index (χ1n) is 10.1. The number of nitrogens with two attached hydrogens (primary N) is 1. The quantitative estimate of drug-likeness (QED) is 0.790. The lowest BCUT2D eigenvalue weighted by Crippen LogP contribution is -2.54. The Morgan fingerprint density at radius 1 is 0.929 bits per heavy atom. The predicted octanol–water partition coefficient (Wildman–Crippen LogP) is 3.20. The normalized spacial score (nSPS) is 29.8. The Labute approximate surface area is 178 Å². The SMILES string of the molecule is Cl.NC1C2CCCC1CC(C(=O)N1CCN(C(=O)c3ccc(Cl)cc3)CC1)C2. The molecule has 2 unspecified atom stereocenters. The van der Waals surface area contributed by atoms with Gasteiger partial charge in [-0.2, -0.15) is 0 Å². The van der Waals surface area contributed by atoms with Gasteiger partial charge in [0, 0.05) is 48.7 Å². The number of carbonyl (C=O) groups excluding carboxylic acids is 2. The molecule has 154 valence electrons. The van der Waals surface area contributed by atoms with Crippen LogP contribution in [0.4, 0.5) is 0 Å². The lowest BCUT2D eigenvalue weighted by Gasteiger charge is -2.45. The standard InChI is InChI=1S/C21H28ClN3O2.ClH/c22-18-6-4-14(5-7-18)20(26)24-8-10-25(11-9-24)21(27)17-12-15-2-1-3-16(13-17)19(15)23;/h4-7,15-17,19H,1-3,8-13,23H2;1H. The summed E-state index contributed by atoms with van der Waals surface area (Å²) >= 11 is 5.90. The molecular weight excluding hydrogens is 397 g/mol. The molecule has 1 saturated heterocycles. The zero-order valence-electron chi connectivity index (χ0n) is 16.1. The number of nitrogens with zero attached hydrogens (tertiary/aromatic N) is 2. The summed E-state index contributed by atoms with van der Waals surface area (Å²) in [6.45, 7) is 2.42. The molecule has 7 heteroatoms. The van der Waals surface area contributed by atoms with E-state index in [0.717, 1.165) is 12.8 Å². The second-order valence-electron chi connectivity index (χ2n) is 8.32. The predicted molar refractivity (Wildman–Crippen MR) is 113 cm³/mol. The van der Waals surface area contributed by atoms with Crippen LogP contribution in [-0.2, 0) is 4.79 Å². The minimum atomic E-state index is 0. The van der Waals surface area contributed by atoms with E-state index in [2.05, 4.69) is 0 Å². The number of amides is 2. The lowest BCUT2D eigenvalue weighted by atomic mass is 9.65. The van der Waals surface area contributed by atoms with Crippen LogP contribution in [0.3, 0.4) is 0 Å². The van der Waals surface area contributed by atoms with Gasteiger partial charge in [-0.25, -0.2) is 0 Å². The number of piperazine rings is 1. The Kier molecular flexibility index (Phi) is 6.89. The van der Waals surface area contributed by atoms with Gasteiger partial charge in [0.05, 0.1) is 0 Å². The van der Waals surface area contributed by atoms with Gasteiger partial charge < -0.3 is 15.5 Å². The van der Waals surface area contributed by atoms with Gasteiger partial charge in [-0.15, -0.1) is 12.4 Å². The van der Waals surface area contributed by atoms with Crippen molar-refractivity contribution in [1.82, 2.24) is 9.80 Å². The maximum absolute atomic E-state index is 13.0. The van der Waals surface area contributed by atoms with Crippen molar-refractivity contribution in [3.8, 4) is 0 Å². The summed E-state index contributed by atoms with van der Waals surface area (Å²) in [5.74, 6) is 1.44. The number of hydrogen-bond donors (Lipinski definition) is 1.